The van der Waals surface area contributed by atoms with Gasteiger partial charge in [0.15, 0.2) is 11.5 Å². The summed E-state index contributed by atoms with van der Waals surface area (Å²) in [5.41, 5.74) is 0.370. The first kappa shape index (κ1) is 10.2. The van der Waals surface area contributed by atoms with Crippen molar-refractivity contribution in [3.05, 3.63) is 30.4 Å². The van der Waals surface area contributed by atoms with E-state index in [1.807, 2.05) is 0 Å². The fraction of sp³-hybridized carbons (Fsp3) is 0.0909. The zero-order valence-electron chi connectivity index (χ0n) is 8.51. The van der Waals surface area contributed by atoms with Gasteiger partial charge in [0.2, 0.25) is 0 Å². The Morgan fingerprint density at radius 2 is 1.81 bits per heavy atom. The van der Waals surface area contributed by atoms with Crippen molar-refractivity contribution in [2.24, 2.45) is 0 Å². The second-order valence-corrected chi connectivity index (χ2v) is 3.20. The quantitative estimate of drug-likeness (QED) is 0.748. The Bertz CT molecular complexity index is 475. The van der Waals surface area contributed by atoms with E-state index in [1.54, 1.807) is 0 Å². The summed E-state index contributed by atoms with van der Waals surface area (Å²) < 4.78 is 4.90. The molecule has 1 aliphatic rings. The van der Waals surface area contributed by atoms with Gasteiger partial charge in [-0.25, -0.2) is 4.90 Å². The number of ether oxygens (including phenoxy) is 1. The van der Waals surface area contributed by atoms with Crippen molar-refractivity contribution in [2.45, 2.75) is 0 Å². The minimum Gasteiger partial charge on any atom is -0.504 e. The Kier molecular flexibility index (Phi) is 2.36. The van der Waals surface area contributed by atoms with Crippen LogP contribution in [0.5, 0.6) is 11.5 Å². The molecule has 1 heterocycles. The highest BCUT2D eigenvalue weighted by molar-refractivity contribution is 6.28. The van der Waals surface area contributed by atoms with E-state index in [0.29, 0.717) is 5.69 Å². The van der Waals surface area contributed by atoms with Gasteiger partial charge in [0.05, 0.1) is 12.8 Å². The predicted octanol–water partition coefficient (Wildman–Crippen LogP) is 0.830. The molecule has 1 aromatic carbocycles. The number of amides is 2. The molecule has 0 radical (unpaired) electrons. The summed E-state index contributed by atoms with van der Waals surface area (Å²) >= 11 is 0. The molecule has 2 amide bonds. The molecule has 0 fully saturated rings. The molecule has 0 saturated heterocycles. The van der Waals surface area contributed by atoms with Gasteiger partial charge in [-0.15, -0.1) is 0 Å². The predicted molar refractivity (Wildman–Crippen MR) is 56.3 cm³/mol. The fourth-order valence-corrected chi connectivity index (χ4v) is 1.46. The molecule has 5 nitrogen and oxygen atoms in total. The maximum absolute atomic E-state index is 11.4. The largest absolute Gasteiger partial charge is 0.504 e. The van der Waals surface area contributed by atoms with E-state index in [1.165, 1.54) is 37.5 Å². The van der Waals surface area contributed by atoms with Crippen LogP contribution in [0.2, 0.25) is 0 Å². The third-order valence-electron chi connectivity index (χ3n) is 2.23. The lowest BCUT2D eigenvalue weighted by Gasteiger charge is -2.15. The van der Waals surface area contributed by atoms with Crippen molar-refractivity contribution in [3.8, 4) is 11.5 Å². The van der Waals surface area contributed by atoms with E-state index in [9.17, 15) is 14.7 Å². The summed E-state index contributed by atoms with van der Waals surface area (Å²) in [5.74, 6) is -0.640. The topological polar surface area (TPSA) is 66.8 Å². The zero-order chi connectivity index (χ0) is 11.7. The van der Waals surface area contributed by atoms with Gasteiger partial charge >= 0.3 is 0 Å². The Morgan fingerprint density at radius 1 is 1.19 bits per heavy atom. The van der Waals surface area contributed by atoms with Crippen molar-refractivity contribution in [3.63, 3.8) is 0 Å². The van der Waals surface area contributed by atoms with Crippen molar-refractivity contribution >= 4 is 17.5 Å². The Labute approximate surface area is 91.6 Å². The normalized spacial score (nSPS) is 14.7. The third kappa shape index (κ3) is 1.52. The number of aromatic hydroxyl groups is 1. The first-order valence-corrected chi connectivity index (χ1v) is 4.56. The summed E-state index contributed by atoms with van der Waals surface area (Å²) in [7, 11) is 1.39. The SMILES string of the molecule is COc1cc(N2C(=O)C=CC2=O)ccc1O. The lowest BCUT2D eigenvalue weighted by atomic mass is 10.2. The molecule has 0 spiro atoms. The minimum atomic E-state index is -0.405. The van der Waals surface area contributed by atoms with Crippen LogP contribution in [0, 0.1) is 0 Å². The number of hydrogen-bond acceptors (Lipinski definition) is 4. The summed E-state index contributed by atoms with van der Waals surface area (Å²) in [6, 6.07) is 4.27. The molecule has 0 bridgehead atoms. The van der Waals surface area contributed by atoms with Crippen LogP contribution in [0.1, 0.15) is 0 Å². The van der Waals surface area contributed by atoms with Gasteiger partial charge in [0, 0.05) is 18.2 Å². The second kappa shape index (κ2) is 3.69. The van der Waals surface area contributed by atoms with Gasteiger partial charge in [-0.05, 0) is 12.1 Å². The standard InChI is InChI=1S/C11H9NO4/c1-16-9-6-7(2-3-8(9)13)12-10(14)4-5-11(12)15/h2-6,13H,1H3. The molecular formula is C11H9NO4. The highest BCUT2D eigenvalue weighted by Crippen LogP contribution is 2.31. The van der Waals surface area contributed by atoms with Crippen molar-refractivity contribution < 1.29 is 19.4 Å². The van der Waals surface area contributed by atoms with Gasteiger partial charge in [0.1, 0.15) is 0 Å². The molecule has 0 unspecified atom stereocenters. The van der Waals surface area contributed by atoms with Gasteiger partial charge in [0.25, 0.3) is 11.8 Å². The third-order valence-corrected chi connectivity index (χ3v) is 2.23. The molecule has 1 N–H and O–H groups in total. The Balaban J connectivity index is 2.42. The Morgan fingerprint density at radius 3 is 2.38 bits per heavy atom. The molecule has 2 rings (SSSR count). The maximum atomic E-state index is 11.4. The number of phenolic OH excluding ortho intramolecular Hbond substituents is 1. The molecule has 0 atom stereocenters. The van der Waals surface area contributed by atoms with Crippen molar-refractivity contribution in [2.75, 3.05) is 12.0 Å². The number of benzene rings is 1. The first-order valence-electron chi connectivity index (χ1n) is 4.56. The zero-order valence-corrected chi connectivity index (χ0v) is 8.51. The van der Waals surface area contributed by atoms with Crippen LogP contribution in [-0.2, 0) is 9.59 Å². The summed E-state index contributed by atoms with van der Waals surface area (Å²) in [6.07, 6.45) is 2.39. The Hall–Kier alpha value is -2.30. The second-order valence-electron chi connectivity index (χ2n) is 3.20. The van der Waals surface area contributed by atoms with Crippen LogP contribution in [0.3, 0.4) is 0 Å². The van der Waals surface area contributed by atoms with Crippen LogP contribution in [0.4, 0.5) is 5.69 Å². The van der Waals surface area contributed by atoms with E-state index in [4.69, 9.17) is 4.74 Å². The van der Waals surface area contributed by atoms with Crippen molar-refractivity contribution in [1.82, 2.24) is 0 Å². The smallest absolute Gasteiger partial charge is 0.258 e. The lowest BCUT2D eigenvalue weighted by molar-refractivity contribution is -0.119. The molecule has 1 aromatic rings. The molecule has 1 aliphatic heterocycles. The number of anilines is 1. The molecule has 82 valence electrons. The number of nitrogens with zero attached hydrogens (tertiary/aromatic N) is 1. The number of carbonyl (C=O) groups excluding carboxylic acids is 2. The molecular weight excluding hydrogens is 210 g/mol. The monoisotopic (exact) mass is 219 g/mol. The fourth-order valence-electron chi connectivity index (χ4n) is 1.46. The van der Waals surface area contributed by atoms with Gasteiger partial charge in [-0.3, -0.25) is 9.59 Å². The number of imide groups is 1. The lowest BCUT2D eigenvalue weighted by Crippen LogP contribution is -2.29. The average Bonchev–Trinajstić information content (AvgIpc) is 2.60. The highest BCUT2D eigenvalue weighted by Gasteiger charge is 2.25. The molecule has 0 aliphatic carbocycles. The maximum Gasteiger partial charge on any atom is 0.258 e. The molecule has 16 heavy (non-hydrogen) atoms. The number of rotatable bonds is 2. The summed E-state index contributed by atoms with van der Waals surface area (Å²) in [5, 5.41) is 9.38. The van der Waals surface area contributed by atoms with Gasteiger partial charge in [-0.1, -0.05) is 0 Å². The van der Waals surface area contributed by atoms with Crippen LogP contribution in [-0.4, -0.2) is 24.0 Å². The number of carbonyl (C=O) groups is 2. The summed E-state index contributed by atoms with van der Waals surface area (Å²) in [4.78, 5) is 23.8. The van der Waals surface area contributed by atoms with Gasteiger partial charge in [-0.2, -0.15) is 0 Å². The first-order chi connectivity index (χ1) is 7.63. The van der Waals surface area contributed by atoms with Crippen LogP contribution in [0.25, 0.3) is 0 Å². The number of phenols is 1. The van der Waals surface area contributed by atoms with E-state index >= 15 is 0 Å². The van der Waals surface area contributed by atoms with E-state index in [0.717, 1.165) is 4.90 Å². The van der Waals surface area contributed by atoms with E-state index < -0.39 is 11.8 Å². The molecule has 0 aromatic heterocycles. The van der Waals surface area contributed by atoms with Crippen molar-refractivity contribution in [1.29, 1.82) is 0 Å². The van der Waals surface area contributed by atoms with Crippen LogP contribution < -0.4 is 9.64 Å². The number of hydrogen-bond donors (Lipinski definition) is 1. The van der Waals surface area contributed by atoms with Crippen LogP contribution in [0.15, 0.2) is 30.4 Å². The summed E-state index contributed by atoms with van der Waals surface area (Å²) in [6.45, 7) is 0. The average molecular weight is 219 g/mol. The van der Waals surface area contributed by atoms with Gasteiger partial charge < -0.3 is 9.84 Å². The van der Waals surface area contributed by atoms with E-state index in [2.05, 4.69) is 0 Å². The minimum absolute atomic E-state index is 0.0432. The van der Waals surface area contributed by atoms with E-state index in [-0.39, 0.29) is 11.5 Å². The van der Waals surface area contributed by atoms with Crippen LogP contribution >= 0.6 is 0 Å². The molecule has 0 saturated carbocycles. The number of methoxy groups -OCH3 is 1. The highest BCUT2D eigenvalue weighted by atomic mass is 16.5. The molecule has 5 heteroatoms.